The lowest BCUT2D eigenvalue weighted by molar-refractivity contribution is 0.109. The lowest BCUT2D eigenvalue weighted by Crippen LogP contribution is -2.40. The second-order valence-electron chi connectivity index (χ2n) is 3.98. The Labute approximate surface area is 80.9 Å². The second kappa shape index (κ2) is 2.83. The lowest BCUT2D eigenvalue weighted by Gasteiger charge is -2.33. The van der Waals surface area contributed by atoms with Crippen molar-refractivity contribution in [3.63, 3.8) is 0 Å². The summed E-state index contributed by atoms with van der Waals surface area (Å²) in [5, 5.41) is 2.93. The fourth-order valence-corrected chi connectivity index (χ4v) is 1.42. The zero-order chi connectivity index (χ0) is 10.3. The minimum Gasteiger partial charge on any atom is -0.481 e. The van der Waals surface area contributed by atoms with Crippen LogP contribution >= 0.6 is 0 Å². The van der Waals surface area contributed by atoms with Crippen molar-refractivity contribution in [3.05, 3.63) is 23.8 Å². The Balaban J connectivity index is 2.47. The summed E-state index contributed by atoms with van der Waals surface area (Å²) in [5.41, 5.74) is -0.0899. The molecular formula is C10H11F2NO. The largest absolute Gasteiger partial charge is 0.481 e. The molecule has 0 saturated heterocycles. The Morgan fingerprint density at radius 1 is 1.36 bits per heavy atom. The van der Waals surface area contributed by atoms with E-state index in [0.717, 1.165) is 6.07 Å². The maximum absolute atomic E-state index is 13.3. The standard InChI is InChI=1S/C10H11F2NO/c1-10(2)5-13-8-4-6(11)3-7(12)9(8)14-10/h3-4,13H,5H2,1-2H3. The van der Waals surface area contributed by atoms with Crippen LogP contribution in [0.2, 0.25) is 0 Å². The fourth-order valence-electron chi connectivity index (χ4n) is 1.42. The summed E-state index contributed by atoms with van der Waals surface area (Å²) in [7, 11) is 0. The van der Waals surface area contributed by atoms with Crippen LogP contribution in [0.4, 0.5) is 14.5 Å². The van der Waals surface area contributed by atoms with E-state index < -0.39 is 17.2 Å². The molecule has 1 N–H and O–H groups in total. The molecule has 0 saturated carbocycles. The molecule has 1 aliphatic heterocycles. The van der Waals surface area contributed by atoms with Crippen molar-refractivity contribution < 1.29 is 13.5 Å². The van der Waals surface area contributed by atoms with Crippen LogP contribution in [0.25, 0.3) is 0 Å². The first kappa shape index (κ1) is 9.24. The van der Waals surface area contributed by atoms with E-state index in [1.54, 1.807) is 0 Å². The summed E-state index contributed by atoms with van der Waals surface area (Å²) < 4.78 is 31.5. The average molecular weight is 199 g/mol. The maximum Gasteiger partial charge on any atom is 0.179 e. The van der Waals surface area contributed by atoms with Gasteiger partial charge in [-0.2, -0.15) is 0 Å². The van der Waals surface area contributed by atoms with Crippen LogP contribution in [-0.2, 0) is 0 Å². The minimum absolute atomic E-state index is 0.0997. The van der Waals surface area contributed by atoms with Gasteiger partial charge in [0.2, 0.25) is 0 Å². The number of fused-ring (bicyclic) bond motifs is 1. The Bertz CT molecular complexity index is 377. The number of rotatable bonds is 0. The van der Waals surface area contributed by atoms with Gasteiger partial charge in [0.1, 0.15) is 11.4 Å². The van der Waals surface area contributed by atoms with Crippen LogP contribution in [-0.4, -0.2) is 12.1 Å². The van der Waals surface area contributed by atoms with E-state index in [1.807, 2.05) is 13.8 Å². The SMILES string of the molecule is CC1(C)CNc2cc(F)cc(F)c2O1. The van der Waals surface area contributed by atoms with Gasteiger partial charge in [-0.1, -0.05) is 0 Å². The van der Waals surface area contributed by atoms with Gasteiger partial charge in [0, 0.05) is 12.1 Å². The molecule has 0 amide bonds. The molecule has 76 valence electrons. The van der Waals surface area contributed by atoms with Crippen molar-refractivity contribution in [3.8, 4) is 5.75 Å². The van der Waals surface area contributed by atoms with E-state index in [4.69, 9.17) is 4.74 Å². The molecule has 2 rings (SSSR count). The smallest absolute Gasteiger partial charge is 0.179 e. The molecule has 0 unspecified atom stereocenters. The molecule has 0 spiro atoms. The first-order chi connectivity index (χ1) is 6.48. The highest BCUT2D eigenvalue weighted by molar-refractivity contribution is 5.59. The molecule has 2 nitrogen and oxygen atoms in total. The van der Waals surface area contributed by atoms with Gasteiger partial charge in [-0.15, -0.1) is 0 Å². The lowest BCUT2D eigenvalue weighted by atomic mass is 10.1. The van der Waals surface area contributed by atoms with Crippen LogP contribution in [0, 0.1) is 11.6 Å². The van der Waals surface area contributed by atoms with E-state index in [-0.39, 0.29) is 5.75 Å². The summed E-state index contributed by atoms with van der Waals surface area (Å²) >= 11 is 0. The molecule has 0 aromatic heterocycles. The average Bonchev–Trinajstić information content (AvgIpc) is 2.06. The van der Waals surface area contributed by atoms with Crippen molar-refractivity contribution in [2.75, 3.05) is 11.9 Å². The predicted octanol–water partition coefficient (Wildman–Crippen LogP) is 2.55. The third-order valence-electron chi connectivity index (χ3n) is 2.09. The number of benzene rings is 1. The molecule has 4 heteroatoms. The first-order valence-corrected chi connectivity index (χ1v) is 4.40. The van der Waals surface area contributed by atoms with Gasteiger partial charge >= 0.3 is 0 Å². The van der Waals surface area contributed by atoms with Gasteiger partial charge < -0.3 is 10.1 Å². The van der Waals surface area contributed by atoms with Gasteiger partial charge in [0.15, 0.2) is 11.6 Å². The fraction of sp³-hybridized carbons (Fsp3) is 0.400. The maximum atomic E-state index is 13.3. The topological polar surface area (TPSA) is 21.3 Å². The molecule has 0 aliphatic carbocycles. The Morgan fingerprint density at radius 2 is 2.07 bits per heavy atom. The summed E-state index contributed by atoms with van der Waals surface area (Å²) in [5.74, 6) is -1.17. The zero-order valence-electron chi connectivity index (χ0n) is 8.03. The third kappa shape index (κ3) is 1.52. The van der Waals surface area contributed by atoms with Gasteiger partial charge in [-0.25, -0.2) is 8.78 Å². The highest BCUT2D eigenvalue weighted by Gasteiger charge is 2.28. The summed E-state index contributed by atoms with van der Waals surface area (Å²) in [4.78, 5) is 0. The molecule has 0 radical (unpaired) electrons. The number of anilines is 1. The molecule has 0 bridgehead atoms. The van der Waals surface area contributed by atoms with E-state index >= 15 is 0 Å². The van der Waals surface area contributed by atoms with Crippen LogP contribution in [0.1, 0.15) is 13.8 Å². The van der Waals surface area contributed by atoms with E-state index in [1.165, 1.54) is 6.07 Å². The molecule has 0 atom stereocenters. The van der Waals surface area contributed by atoms with Gasteiger partial charge in [0.25, 0.3) is 0 Å². The van der Waals surface area contributed by atoms with Crippen LogP contribution in [0.15, 0.2) is 12.1 Å². The quantitative estimate of drug-likeness (QED) is 0.693. The van der Waals surface area contributed by atoms with Crippen molar-refractivity contribution in [2.45, 2.75) is 19.4 Å². The van der Waals surface area contributed by atoms with E-state index in [0.29, 0.717) is 12.2 Å². The van der Waals surface area contributed by atoms with Crippen LogP contribution in [0.3, 0.4) is 0 Å². The third-order valence-corrected chi connectivity index (χ3v) is 2.09. The van der Waals surface area contributed by atoms with Crippen LogP contribution < -0.4 is 10.1 Å². The highest BCUT2D eigenvalue weighted by Crippen LogP contribution is 2.35. The van der Waals surface area contributed by atoms with Crippen molar-refractivity contribution in [1.29, 1.82) is 0 Å². The highest BCUT2D eigenvalue weighted by atomic mass is 19.1. The first-order valence-electron chi connectivity index (χ1n) is 4.40. The number of hydrogen-bond acceptors (Lipinski definition) is 2. The predicted molar refractivity (Wildman–Crippen MR) is 49.6 cm³/mol. The van der Waals surface area contributed by atoms with Gasteiger partial charge in [-0.05, 0) is 13.8 Å². The molecule has 1 aromatic rings. The van der Waals surface area contributed by atoms with Crippen molar-refractivity contribution in [1.82, 2.24) is 0 Å². The summed E-state index contributed by atoms with van der Waals surface area (Å²) in [6, 6.07) is 2.05. The number of ether oxygens (including phenoxy) is 1. The number of halogens is 2. The normalized spacial score (nSPS) is 18.0. The van der Waals surface area contributed by atoms with Crippen LogP contribution in [0.5, 0.6) is 5.75 Å². The van der Waals surface area contributed by atoms with Gasteiger partial charge in [-0.3, -0.25) is 0 Å². The summed E-state index contributed by atoms with van der Waals surface area (Å²) in [6.07, 6.45) is 0. The summed E-state index contributed by atoms with van der Waals surface area (Å²) in [6.45, 7) is 4.21. The molecule has 14 heavy (non-hydrogen) atoms. The molecule has 1 heterocycles. The van der Waals surface area contributed by atoms with Crippen molar-refractivity contribution >= 4 is 5.69 Å². The van der Waals surface area contributed by atoms with E-state index in [9.17, 15) is 8.78 Å². The Morgan fingerprint density at radius 3 is 2.79 bits per heavy atom. The Hall–Kier alpha value is -1.32. The molecule has 0 fully saturated rings. The zero-order valence-corrected chi connectivity index (χ0v) is 8.03. The number of hydrogen-bond donors (Lipinski definition) is 1. The van der Waals surface area contributed by atoms with Gasteiger partial charge in [0.05, 0.1) is 12.2 Å². The molecule has 1 aliphatic rings. The molecular weight excluding hydrogens is 188 g/mol. The number of nitrogens with one attached hydrogen (secondary N) is 1. The van der Waals surface area contributed by atoms with E-state index in [2.05, 4.69) is 5.32 Å². The monoisotopic (exact) mass is 199 g/mol. The minimum atomic E-state index is -0.666. The second-order valence-corrected chi connectivity index (χ2v) is 3.98. The molecule has 1 aromatic carbocycles. The van der Waals surface area contributed by atoms with Crippen molar-refractivity contribution in [2.24, 2.45) is 0 Å². The Kier molecular flexibility index (Phi) is 1.87.